The van der Waals surface area contributed by atoms with Crippen molar-refractivity contribution >= 4 is 39.1 Å². The van der Waals surface area contributed by atoms with Crippen LogP contribution in [0.4, 0.5) is 0 Å². The fraction of sp³-hybridized carbons (Fsp3) is 0.136. The second-order valence-corrected chi connectivity index (χ2v) is 8.04. The summed E-state index contributed by atoms with van der Waals surface area (Å²) >= 11 is 7.10. The molecular weight excluding hydrogens is 408 g/mol. The van der Waals surface area contributed by atoms with E-state index >= 15 is 0 Å². The lowest BCUT2D eigenvalue weighted by molar-refractivity contribution is 0.0478. The summed E-state index contributed by atoms with van der Waals surface area (Å²) in [6.07, 6.45) is 1.51. The summed E-state index contributed by atoms with van der Waals surface area (Å²) in [6, 6.07) is 16.8. The van der Waals surface area contributed by atoms with Crippen LogP contribution in [0.25, 0.3) is 10.2 Å². The van der Waals surface area contributed by atoms with Gasteiger partial charge in [0.1, 0.15) is 16.3 Å². The zero-order valence-corrected chi connectivity index (χ0v) is 17.2. The molecule has 0 saturated heterocycles. The topological polar surface area (TPSA) is 61.2 Å². The Bertz CT molecular complexity index is 1230. The van der Waals surface area contributed by atoms with Crippen molar-refractivity contribution in [2.24, 2.45) is 0 Å². The number of aromatic nitrogens is 2. The molecule has 2 heterocycles. The van der Waals surface area contributed by atoms with E-state index in [1.807, 2.05) is 42.5 Å². The third kappa shape index (κ3) is 4.09. The van der Waals surface area contributed by atoms with Gasteiger partial charge in [0.2, 0.25) is 0 Å². The SMILES string of the molecule is Cc1c(C(=O)OCc2ccccc2)sc2ncn(Cc3ccc(Cl)cc3)c(=O)c12. The molecule has 0 saturated carbocycles. The molecule has 4 rings (SSSR count). The summed E-state index contributed by atoms with van der Waals surface area (Å²) in [5.41, 5.74) is 2.27. The molecule has 7 heteroatoms. The van der Waals surface area contributed by atoms with Crippen LogP contribution in [0.2, 0.25) is 5.02 Å². The number of nitrogens with zero attached hydrogens (tertiary/aromatic N) is 2. The van der Waals surface area contributed by atoms with Gasteiger partial charge in [0.05, 0.1) is 18.3 Å². The molecule has 0 bridgehead atoms. The Morgan fingerprint density at radius 2 is 1.83 bits per heavy atom. The summed E-state index contributed by atoms with van der Waals surface area (Å²) in [7, 11) is 0. The molecular formula is C22H17ClN2O3S. The van der Waals surface area contributed by atoms with Crippen molar-refractivity contribution in [2.75, 3.05) is 0 Å². The van der Waals surface area contributed by atoms with Crippen LogP contribution in [0.5, 0.6) is 0 Å². The predicted molar refractivity (Wildman–Crippen MR) is 115 cm³/mol. The van der Waals surface area contributed by atoms with E-state index in [1.165, 1.54) is 22.2 Å². The Hall–Kier alpha value is -2.96. The van der Waals surface area contributed by atoms with Gasteiger partial charge in [-0.1, -0.05) is 54.1 Å². The standard InChI is InChI=1S/C22H17ClN2O3S/c1-14-18-20(29-19(14)22(27)28-12-16-5-3-2-4-6-16)24-13-25(21(18)26)11-15-7-9-17(23)10-8-15/h2-10,13H,11-12H2,1H3. The number of fused-ring (bicyclic) bond motifs is 1. The van der Waals surface area contributed by atoms with Crippen LogP contribution in [0.3, 0.4) is 0 Å². The zero-order chi connectivity index (χ0) is 20.4. The molecule has 0 aliphatic carbocycles. The third-order valence-electron chi connectivity index (χ3n) is 4.58. The van der Waals surface area contributed by atoms with Crippen LogP contribution < -0.4 is 5.56 Å². The first-order valence-corrected chi connectivity index (χ1v) is 10.2. The van der Waals surface area contributed by atoms with Gasteiger partial charge in [-0.05, 0) is 35.7 Å². The Kier molecular flexibility index (Phi) is 5.47. The maximum atomic E-state index is 13.0. The Morgan fingerprint density at radius 1 is 1.10 bits per heavy atom. The molecule has 4 aromatic rings. The predicted octanol–water partition coefficient (Wildman–Crippen LogP) is 4.83. The van der Waals surface area contributed by atoms with E-state index in [0.717, 1.165) is 11.1 Å². The minimum atomic E-state index is -0.446. The molecule has 0 N–H and O–H groups in total. The molecule has 0 fully saturated rings. The van der Waals surface area contributed by atoms with Crippen LogP contribution in [0.15, 0.2) is 65.7 Å². The highest BCUT2D eigenvalue weighted by molar-refractivity contribution is 7.20. The van der Waals surface area contributed by atoms with Gasteiger partial charge in [-0.3, -0.25) is 9.36 Å². The lowest BCUT2D eigenvalue weighted by Crippen LogP contribution is -2.21. The number of aryl methyl sites for hydroxylation is 1. The van der Waals surface area contributed by atoms with Gasteiger partial charge in [0, 0.05) is 5.02 Å². The number of carbonyl (C=O) groups excluding carboxylic acids is 1. The Morgan fingerprint density at radius 3 is 2.55 bits per heavy atom. The number of halogens is 1. The first-order chi connectivity index (χ1) is 14.0. The van der Waals surface area contributed by atoms with Crippen molar-refractivity contribution in [3.8, 4) is 0 Å². The number of benzene rings is 2. The number of rotatable bonds is 5. The molecule has 29 heavy (non-hydrogen) atoms. The van der Waals surface area contributed by atoms with Crippen LogP contribution in [-0.2, 0) is 17.9 Å². The molecule has 0 unspecified atom stereocenters. The molecule has 0 aliphatic heterocycles. The van der Waals surface area contributed by atoms with E-state index in [-0.39, 0.29) is 12.2 Å². The van der Waals surface area contributed by atoms with Crippen LogP contribution >= 0.6 is 22.9 Å². The molecule has 0 amide bonds. The fourth-order valence-corrected chi connectivity index (χ4v) is 4.20. The highest BCUT2D eigenvalue weighted by Gasteiger charge is 2.20. The van der Waals surface area contributed by atoms with Crippen molar-refractivity contribution in [1.29, 1.82) is 0 Å². The number of thiophene rings is 1. The van der Waals surface area contributed by atoms with Crippen LogP contribution in [0, 0.1) is 6.92 Å². The smallest absolute Gasteiger partial charge is 0.349 e. The van der Waals surface area contributed by atoms with E-state index in [1.54, 1.807) is 19.1 Å². The van der Waals surface area contributed by atoms with Crippen LogP contribution in [-0.4, -0.2) is 15.5 Å². The minimum Gasteiger partial charge on any atom is -0.457 e. The highest BCUT2D eigenvalue weighted by Crippen LogP contribution is 2.27. The highest BCUT2D eigenvalue weighted by atomic mass is 35.5. The molecule has 0 radical (unpaired) electrons. The monoisotopic (exact) mass is 424 g/mol. The lowest BCUT2D eigenvalue weighted by Gasteiger charge is -2.06. The van der Waals surface area contributed by atoms with E-state index in [0.29, 0.717) is 32.2 Å². The fourth-order valence-electron chi connectivity index (χ4n) is 3.04. The molecule has 146 valence electrons. The van der Waals surface area contributed by atoms with Gasteiger partial charge in [-0.25, -0.2) is 9.78 Å². The number of esters is 1. The normalized spacial score (nSPS) is 11.0. The van der Waals surface area contributed by atoms with Gasteiger partial charge in [0.25, 0.3) is 5.56 Å². The number of hydrogen-bond acceptors (Lipinski definition) is 5. The van der Waals surface area contributed by atoms with Gasteiger partial charge in [0.15, 0.2) is 0 Å². The van der Waals surface area contributed by atoms with Crippen molar-refractivity contribution in [1.82, 2.24) is 9.55 Å². The molecule has 0 spiro atoms. The Balaban J connectivity index is 1.61. The maximum absolute atomic E-state index is 13.0. The average Bonchev–Trinajstić information content (AvgIpc) is 3.08. The first-order valence-electron chi connectivity index (χ1n) is 8.97. The zero-order valence-electron chi connectivity index (χ0n) is 15.6. The van der Waals surface area contributed by atoms with Crippen molar-refractivity contribution in [3.05, 3.63) is 97.9 Å². The number of hydrogen-bond donors (Lipinski definition) is 0. The Labute approximate surface area is 176 Å². The molecule has 0 atom stereocenters. The minimum absolute atomic E-state index is 0.180. The molecule has 2 aromatic carbocycles. The summed E-state index contributed by atoms with van der Waals surface area (Å²) in [4.78, 5) is 30.9. The maximum Gasteiger partial charge on any atom is 0.349 e. The number of carbonyl (C=O) groups is 1. The summed E-state index contributed by atoms with van der Waals surface area (Å²) in [5, 5.41) is 1.10. The van der Waals surface area contributed by atoms with E-state index in [4.69, 9.17) is 16.3 Å². The average molecular weight is 425 g/mol. The second-order valence-electron chi connectivity index (χ2n) is 6.60. The second kappa shape index (κ2) is 8.19. The molecule has 5 nitrogen and oxygen atoms in total. The van der Waals surface area contributed by atoms with E-state index in [2.05, 4.69) is 4.98 Å². The van der Waals surface area contributed by atoms with Crippen LogP contribution in [0.1, 0.15) is 26.4 Å². The molecule has 0 aliphatic rings. The van der Waals surface area contributed by atoms with Crippen molar-refractivity contribution in [3.63, 3.8) is 0 Å². The van der Waals surface area contributed by atoms with Gasteiger partial charge >= 0.3 is 5.97 Å². The van der Waals surface area contributed by atoms with Crippen molar-refractivity contribution in [2.45, 2.75) is 20.1 Å². The van der Waals surface area contributed by atoms with Gasteiger partial charge in [-0.2, -0.15) is 0 Å². The molecule has 2 aromatic heterocycles. The summed E-state index contributed by atoms with van der Waals surface area (Å²) in [5.74, 6) is -0.446. The summed E-state index contributed by atoms with van der Waals surface area (Å²) in [6.45, 7) is 2.32. The third-order valence-corrected chi connectivity index (χ3v) is 6.01. The van der Waals surface area contributed by atoms with Gasteiger partial charge < -0.3 is 4.74 Å². The first kappa shape index (κ1) is 19.4. The van der Waals surface area contributed by atoms with Gasteiger partial charge in [-0.15, -0.1) is 11.3 Å². The number of ether oxygens (including phenoxy) is 1. The largest absolute Gasteiger partial charge is 0.457 e. The van der Waals surface area contributed by atoms with Crippen molar-refractivity contribution < 1.29 is 9.53 Å². The summed E-state index contributed by atoms with van der Waals surface area (Å²) < 4.78 is 6.96. The van der Waals surface area contributed by atoms with E-state index < -0.39 is 5.97 Å². The lowest BCUT2D eigenvalue weighted by atomic mass is 10.2. The quantitative estimate of drug-likeness (QED) is 0.431. The van der Waals surface area contributed by atoms with E-state index in [9.17, 15) is 9.59 Å².